The number of likely N-dealkylation sites (N-methyl/N-ethyl adjacent to an activating group) is 2. The molecule has 0 aromatic carbocycles. The van der Waals surface area contributed by atoms with Gasteiger partial charge in [0.25, 0.3) is 0 Å². The highest BCUT2D eigenvalue weighted by Gasteiger charge is 2.58. The number of aliphatic hydroxyl groups is 2. The van der Waals surface area contributed by atoms with E-state index in [0.717, 1.165) is 25.7 Å². The van der Waals surface area contributed by atoms with Gasteiger partial charge in [0.15, 0.2) is 6.23 Å². The number of fused-ring (bicyclic) bond motifs is 1. The van der Waals surface area contributed by atoms with Crippen LogP contribution < -0.4 is 10.6 Å². The Hall–Kier alpha value is -0.730. The third-order valence-corrected chi connectivity index (χ3v) is 5.89. The van der Waals surface area contributed by atoms with Gasteiger partial charge in [0.2, 0.25) is 0 Å². The molecule has 1 unspecified atom stereocenters. The van der Waals surface area contributed by atoms with Crippen molar-refractivity contribution in [2.75, 3.05) is 33.9 Å². The minimum atomic E-state index is -0.727. The van der Waals surface area contributed by atoms with E-state index in [1.807, 2.05) is 20.3 Å². The molecule has 5 atom stereocenters. The fourth-order valence-electron chi connectivity index (χ4n) is 4.20. The molecule has 2 fully saturated rings. The van der Waals surface area contributed by atoms with Crippen LogP contribution in [0.3, 0.4) is 0 Å². The summed E-state index contributed by atoms with van der Waals surface area (Å²) in [4.78, 5) is 5.49. The standard InChI is InChI=1S/C17H33N3O4/c1-16-6-5-14(23-9-8-21)10-17(16,22)7-4-13(16)11-20-24-15(19-3)12-18-2/h11,13-15,18-19,21-22H,4-10,12H2,1-3H3/t13-,14+,15?,16-,17+/m1/s1. The summed E-state index contributed by atoms with van der Waals surface area (Å²) >= 11 is 0. The third kappa shape index (κ3) is 4.08. The summed E-state index contributed by atoms with van der Waals surface area (Å²) in [6.07, 6.45) is 5.83. The van der Waals surface area contributed by atoms with Gasteiger partial charge >= 0.3 is 0 Å². The summed E-state index contributed by atoms with van der Waals surface area (Å²) in [6.45, 7) is 3.19. The molecule has 0 spiro atoms. The van der Waals surface area contributed by atoms with Crippen molar-refractivity contribution in [3.63, 3.8) is 0 Å². The van der Waals surface area contributed by atoms with E-state index < -0.39 is 5.60 Å². The van der Waals surface area contributed by atoms with Gasteiger partial charge in [0.1, 0.15) is 0 Å². The number of nitrogens with one attached hydrogen (secondary N) is 2. The first kappa shape index (κ1) is 19.6. The monoisotopic (exact) mass is 343 g/mol. The van der Waals surface area contributed by atoms with Crippen molar-refractivity contribution < 1.29 is 19.8 Å². The lowest BCUT2D eigenvalue weighted by Gasteiger charge is -2.48. The van der Waals surface area contributed by atoms with Crippen molar-refractivity contribution in [2.24, 2.45) is 16.5 Å². The fraction of sp³-hybridized carbons (Fsp3) is 0.941. The van der Waals surface area contributed by atoms with Crippen LogP contribution in [-0.4, -0.2) is 68.2 Å². The molecule has 0 heterocycles. The van der Waals surface area contributed by atoms with Gasteiger partial charge in [-0.2, -0.15) is 0 Å². The Bertz CT molecular complexity index is 423. The van der Waals surface area contributed by atoms with Gasteiger partial charge in [0, 0.05) is 30.5 Å². The Kier molecular flexibility index (Phi) is 7.00. The van der Waals surface area contributed by atoms with Crippen LogP contribution in [0.5, 0.6) is 0 Å². The Morgan fingerprint density at radius 1 is 1.33 bits per heavy atom. The Morgan fingerprint density at radius 2 is 2.12 bits per heavy atom. The number of nitrogens with zero attached hydrogens (tertiary/aromatic N) is 1. The molecule has 7 nitrogen and oxygen atoms in total. The number of aliphatic hydroxyl groups excluding tert-OH is 1. The van der Waals surface area contributed by atoms with Gasteiger partial charge in [-0.25, -0.2) is 0 Å². The maximum Gasteiger partial charge on any atom is 0.190 e. The van der Waals surface area contributed by atoms with Gasteiger partial charge in [-0.1, -0.05) is 12.1 Å². The highest BCUT2D eigenvalue weighted by Crippen LogP contribution is 2.57. The van der Waals surface area contributed by atoms with E-state index in [1.54, 1.807) is 0 Å². The van der Waals surface area contributed by atoms with Gasteiger partial charge in [-0.05, 0) is 39.8 Å². The summed E-state index contributed by atoms with van der Waals surface area (Å²) in [6, 6.07) is 0. The first-order chi connectivity index (χ1) is 11.5. The second-order valence-corrected chi connectivity index (χ2v) is 7.25. The second kappa shape index (κ2) is 8.58. The van der Waals surface area contributed by atoms with Gasteiger partial charge in [-0.15, -0.1) is 0 Å². The Balaban J connectivity index is 1.95. The van der Waals surface area contributed by atoms with Gasteiger partial charge in [-0.3, -0.25) is 5.32 Å². The minimum absolute atomic E-state index is 0.0259. The van der Waals surface area contributed by atoms with E-state index >= 15 is 0 Å². The van der Waals surface area contributed by atoms with E-state index in [0.29, 0.717) is 19.6 Å². The number of rotatable bonds is 9. The lowest BCUT2D eigenvalue weighted by Crippen LogP contribution is -2.51. The largest absolute Gasteiger partial charge is 0.394 e. The molecular formula is C17H33N3O4. The SMILES string of the molecule is CNCC(NC)ON=C[C@H]1CC[C@]2(O)C[C@@H](OCCO)CC[C@]12C. The van der Waals surface area contributed by atoms with Crippen LogP contribution in [0.2, 0.25) is 0 Å². The maximum atomic E-state index is 11.2. The van der Waals surface area contributed by atoms with Crippen LogP contribution >= 0.6 is 0 Å². The quantitative estimate of drug-likeness (QED) is 0.276. The average Bonchev–Trinajstić information content (AvgIpc) is 2.83. The summed E-state index contributed by atoms with van der Waals surface area (Å²) in [5.41, 5.74) is -0.924. The highest BCUT2D eigenvalue weighted by molar-refractivity contribution is 5.62. The van der Waals surface area contributed by atoms with Crippen LogP contribution in [0, 0.1) is 11.3 Å². The highest BCUT2D eigenvalue weighted by atomic mass is 16.6. The zero-order valence-electron chi connectivity index (χ0n) is 15.1. The predicted octanol–water partition coefficient (Wildman–Crippen LogP) is 0.463. The van der Waals surface area contributed by atoms with Crippen molar-refractivity contribution in [1.29, 1.82) is 0 Å². The summed E-state index contributed by atoms with van der Waals surface area (Å²) in [7, 11) is 3.70. The molecule has 2 saturated carbocycles. The molecule has 4 N–H and O–H groups in total. The van der Waals surface area contributed by atoms with Crippen molar-refractivity contribution in [1.82, 2.24) is 10.6 Å². The first-order valence-corrected chi connectivity index (χ1v) is 8.95. The summed E-state index contributed by atoms with van der Waals surface area (Å²) < 4.78 is 5.66. The first-order valence-electron chi connectivity index (χ1n) is 8.95. The van der Waals surface area contributed by atoms with E-state index in [9.17, 15) is 5.11 Å². The van der Waals surface area contributed by atoms with E-state index in [-0.39, 0.29) is 30.3 Å². The van der Waals surface area contributed by atoms with E-state index in [4.69, 9.17) is 14.7 Å². The Morgan fingerprint density at radius 3 is 2.79 bits per heavy atom. The molecule has 0 saturated heterocycles. The van der Waals surface area contributed by atoms with Crippen molar-refractivity contribution in [3.05, 3.63) is 0 Å². The zero-order chi connectivity index (χ0) is 17.6. The summed E-state index contributed by atoms with van der Waals surface area (Å²) in [5, 5.41) is 30.4. The zero-order valence-corrected chi connectivity index (χ0v) is 15.1. The molecule has 0 aromatic heterocycles. The molecule has 0 aromatic rings. The number of oxime groups is 1. The lowest BCUT2D eigenvalue weighted by atomic mass is 9.62. The molecule has 0 radical (unpaired) electrons. The van der Waals surface area contributed by atoms with Crippen LogP contribution in [0.25, 0.3) is 0 Å². The molecule has 7 heteroatoms. The second-order valence-electron chi connectivity index (χ2n) is 7.25. The number of hydrogen-bond donors (Lipinski definition) is 4. The number of ether oxygens (including phenoxy) is 1. The Labute approximate surface area is 144 Å². The molecule has 24 heavy (non-hydrogen) atoms. The molecular weight excluding hydrogens is 310 g/mol. The van der Waals surface area contributed by atoms with Crippen LogP contribution in [0.15, 0.2) is 5.16 Å². The third-order valence-electron chi connectivity index (χ3n) is 5.89. The van der Waals surface area contributed by atoms with Crippen molar-refractivity contribution >= 4 is 6.21 Å². The maximum absolute atomic E-state index is 11.2. The molecule has 0 aliphatic heterocycles. The molecule has 2 aliphatic rings. The molecule has 0 bridgehead atoms. The minimum Gasteiger partial charge on any atom is -0.394 e. The van der Waals surface area contributed by atoms with Crippen LogP contribution in [-0.2, 0) is 9.57 Å². The number of hydrogen-bond acceptors (Lipinski definition) is 7. The average molecular weight is 343 g/mol. The van der Waals surface area contributed by atoms with Gasteiger partial charge < -0.3 is 25.1 Å². The van der Waals surface area contributed by atoms with Crippen molar-refractivity contribution in [2.45, 2.75) is 57.0 Å². The fourth-order valence-corrected chi connectivity index (χ4v) is 4.20. The molecule has 0 amide bonds. The van der Waals surface area contributed by atoms with Gasteiger partial charge in [0.05, 0.1) is 24.9 Å². The molecule has 2 rings (SSSR count). The van der Waals surface area contributed by atoms with Crippen LogP contribution in [0.1, 0.15) is 39.0 Å². The molecule has 2 aliphatic carbocycles. The van der Waals surface area contributed by atoms with E-state index in [1.165, 1.54) is 0 Å². The topological polar surface area (TPSA) is 95.3 Å². The normalized spacial score (nSPS) is 37.5. The summed E-state index contributed by atoms with van der Waals surface area (Å²) in [5.74, 6) is 0.202. The molecule has 140 valence electrons. The predicted molar refractivity (Wildman–Crippen MR) is 92.8 cm³/mol. The smallest absolute Gasteiger partial charge is 0.190 e. The van der Waals surface area contributed by atoms with Crippen molar-refractivity contribution in [3.8, 4) is 0 Å². The lowest BCUT2D eigenvalue weighted by molar-refractivity contribution is -0.139. The van der Waals surface area contributed by atoms with E-state index in [2.05, 4.69) is 22.7 Å². The van der Waals surface area contributed by atoms with Crippen LogP contribution in [0.4, 0.5) is 0 Å².